The Hall–Kier alpha value is -1.17. The third kappa shape index (κ3) is 67.5. The van der Waals surface area contributed by atoms with Crippen LogP contribution < -0.4 is 16.8 Å². The number of nitrogens with one attached hydrogen (secondary N) is 3. The zero-order valence-corrected chi connectivity index (χ0v) is 9.68. The number of carboxylic acid groups (broad SMARTS) is 1. The van der Waals surface area contributed by atoms with Crippen molar-refractivity contribution in [3.63, 3.8) is 0 Å². The molecule has 0 bridgehead atoms. The molecule has 0 saturated carbocycles. The molecule has 12 heavy (non-hydrogen) atoms. The molecule has 0 aliphatic heterocycles. The molecule has 0 aromatic rings. The summed E-state index contributed by atoms with van der Waals surface area (Å²) in [5, 5.41) is 22.4. The average Bonchev–Trinajstić information content (AvgIpc) is 1.56. The van der Waals surface area contributed by atoms with E-state index in [0.29, 0.717) is 0 Å². The molecular formula is C4H11N5O2Zn. The molecule has 0 heterocycles. The Morgan fingerprint density at radius 1 is 1.33 bits per heavy atom. The predicted molar refractivity (Wildman–Crippen MR) is 40.3 cm³/mol. The maximum Gasteiger partial charge on any atom is 0.300 e. The molecule has 7 nitrogen and oxygen atoms in total. The van der Waals surface area contributed by atoms with Crippen molar-refractivity contribution in [3.8, 4) is 0 Å². The summed E-state index contributed by atoms with van der Waals surface area (Å²) in [4.78, 5) is 9.00. The van der Waals surface area contributed by atoms with E-state index in [1.54, 1.807) is 0 Å². The van der Waals surface area contributed by atoms with Crippen molar-refractivity contribution >= 4 is 17.9 Å². The van der Waals surface area contributed by atoms with Gasteiger partial charge in [-0.3, -0.25) is 20.9 Å². The van der Waals surface area contributed by atoms with E-state index in [4.69, 9.17) is 32.2 Å². The predicted octanol–water partition coefficient (Wildman–Crippen LogP) is -1.55. The van der Waals surface area contributed by atoms with Crippen molar-refractivity contribution < 1.29 is 29.4 Å². The van der Waals surface area contributed by atoms with Gasteiger partial charge in [-0.1, -0.05) is 0 Å². The van der Waals surface area contributed by atoms with E-state index in [-0.39, 0.29) is 31.4 Å². The first-order valence-electron chi connectivity index (χ1n) is 2.51. The van der Waals surface area contributed by atoms with Crippen molar-refractivity contribution in [1.82, 2.24) is 5.32 Å². The molecule has 0 aliphatic rings. The Balaban J connectivity index is -0.000000142. The van der Waals surface area contributed by atoms with Crippen molar-refractivity contribution in [2.75, 3.05) is 0 Å². The standard InChI is InChI=1S/C2H7N5.C2H4O2.Zn/c3-1(4)7-2(5)6;1-2(3)4;/h(H7,3,4,5,6,7);1H3,(H,3,4);. The van der Waals surface area contributed by atoms with Crippen LogP contribution in [0.15, 0.2) is 0 Å². The number of guanidine groups is 2. The Morgan fingerprint density at radius 3 is 1.50 bits per heavy atom. The molecule has 0 atom stereocenters. The first-order valence-corrected chi connectivity index (χ1v) is 2.51. The molecule has 0 spiro atoms. The van der Waals surface area contributed by atoms with Crippen molar-refractivity contribution in [1.29, 1.82) is 10.8 Å². The quantitative estimate of drug-likeness (QED) is 0.168. The summed E-state index contributed by atoms with van der Waals surface area (Å²) in [7, 11) is 0. The summed E-state index contributed by atoms with van der Waals surface area (Å²) in [5.74, 6) is -1.46. The van der Waals surface area contributed by atoms with Gasteiger partial charge in [0.25, 0.3) is 5.97 Å². The summed E-state index contributed by atoms with van der Waals surface area (Å²) in [6, 6.07) is 0. The van der Waals surface area contributed by atoms with Gasteiger partial charge in [-0.15, -0.1) is 0 Å². The van der Waals surface area contributed by atoms with Crippen LogP contribution in [-0.4, -0.2) is 23.0 Å². The van der Waals surface area contributed by atoms with Crippen molar-refractivity contribution in [3.05, 3.63) is 0 Å². The van der Waals surface area contributed by atoms with Gasteiger partial charge < -0.3 is 16.6 Å². The fraction of sp³-hybridized carbons (Fsp3) is 0.250. The van der Waals surface area contributed by atoms with Crippen molar-refractivity contribution in [2.24, 2.45) is 11.5 Å². The smallest absolute Gasteiger partial charge is 0.300 e. The topological polar surface area (TPSA) is 149 Å². The zero-order valence-electron chi connectivity index (χ0n) is 6.72. The van der Waals surface area contributed by atoms with Crippen LogP contribution in [0.2, 0.25) is 0 Å². The van der Waals surface area contributed by atoms with Gasteiger partial charge >= 0.3 is 0 Å². The third-order valence-corrected chi connectivity index (χ3v) is 0.269. The maximum atomic E-state index is 9.00. The summed E-state index contributed by atoms with van der Waals surface area (Å²) in [6.45, 7) is 1.08. The molecule has 0 amide bonds. The van der Waals surface area contributed by atoms with Gasteiger partial charge in [0.2, 0.25) is 0 Å². The second-order valence-electron chi connectivity index (χ2n) is 1.47. The van der Waals surface area contributed by atoms with Crippen LogP contribution >= 0.6 is 0 Å². The Labute approximate surface area is 82.3 Å². The first-order chi connectivity index (χ1) is 4.86. The number of rotatable bonds is 0. The van der Waals surface area contributed by atoms with Crippen LogP contribution in [0.3, 0.4) is 0 Å². The molecule has 0 saturated heterocycles. The van der Waals surface area contributed by atoms with E-state index in [1.165, 1.54) is 0 Å². The fourth-order valence-corrected chi connectivity index (χ4v) is 0.145. The Bertz CT molecular complexity index is 155. The van der Waals surface area contributed by atoms with Crippen LogP contribution in [0.25, 0.3) is 0 Å². The number of hydrogen-bond donors (Lipinski definition) is 6. The van der Waals surface area contributed by atoms with Crippen LogP contribution in [0.1, 0.15) is 6.92 Å². The fourth-order valence-electron chi connectivity index (χ4n) is 0.145. The molecule has 0 rings (SSSR count). The van der Waals surface area contributed by atoms with Gasteiger partial charge in [0.15, 0.2) is 11.9 Å². The molecular weight excluding hydrogens is 215 g/mol. The van der Waals surface area contributed by atoms with Gasteiger partial charge in [0.1, 0.15) is 0 Å². The number of nitrogens with two attached hydrogens (primary N) is 2. The van der Waals surface area contributed by atoms with Crippen LogP contribution in [0, 0.1) is 10.8 Å². The Kier molecular flexibility index (Phi) is 14.0. The van der Waals surface area contributed by atoms with E-state index in [2.05, 4.69) is 0 Å². The minimum atomic E-state index is -0.833. The molecule has 0 radical (unpaired) electrons. The SMILES string of the molecule is CC(=O)O.N=C(N)NC(=N)N.[Zn]. The van der Waals surface area contributed by atoms with Crippen LogP contribution in [0.5, 0.6) is 0 Å². The number of hydrogen-bond acceptors (Lipinski definition) is 3. The second-order valence-corrected chi connectivity index (χ2v) is 1.47. The van der Waals surface area contributed by atoms with E-state index in [9.17, 15) is 0 Å². The molecule has 8 heteroatoms. The van der Waals surface area contributed by atoms with E-state index < -0.39 is 5.97 Å². The number of carboxylic acids is 1. The molecule has 0 unspecified atom stereocenters. The second kappa shape index (κ2) is 9.83. The number of carbonyl (C=O) groups is 1. The first kappa shape index (κ1) is 17.1. The molecule has 0 fully saturated rings. The molecule has 0 aromatic heterocycles. The molecule has 8 N–H and O–H groups in total. The molecule has 0 aliphatic carbocycles. The zero-order chi connectivity index (χ0) is 9.44. The average molecular weight is 227 g/mol. The van der Waals surface area contributed by atoms with Gasteiger partial charge in [-0.2, -0.15) is 0 Å². The third-order valence-electron chi connectivity index (χ3n) is 0.269. The molecule has 0 aromatic carbocycles. The van der Waals surface area contributed by atoms with Crippen molar-refractivity contribution in [2.45, 2.75) is 6.92 Å². The van der Waals surface area contributed by atoms with Crippen LogP contribution in [0.4, 0.5) is 0 Å². The van der Waals surface area contributed by atoms with E-state index in [0.717, 1.165) is 6.92 Å². The minimum absolute atomic E-state index is 0. The van der Waals surface area contributed by atoms with Gasteiger partial charge in [-0.05, 0) is 0 Å². The summed E-state index contributed by atoms with van der Waals surface area (Å²) >= 11 is 0. The van der Waals surface area contributed by atoms with Gasteiger partial charge in [0.05, 0.1) is 0 Å². The summed E-state index contributed by atoms with van der Waals surface area (Å²) < 4.78 is 0. The van der Waals surface area contributed by atoms with E-state index >= 15 is 0 Å². The van der Waals surface area contributed by atoms with Gasteiger partial charge in [-0.25, -0.2) is 0 Å². The molecule has 66 valence electrons. The van der Waals surface area contributed by atoms with Crippen LogP contribution in [-0.2, 0) is 24.3 Å². The summed E-state index contributed by atoms with van der Waals surface area (Å²) in [6.07, 6.45) is 0. The van der Waals surface area contributed by atoms with E-state index in [1.807, 2.05) is 5.32 Å². The maximum absolute atomic E-state index is 9.00. The minimum Gasteiger partial charge on any atom is -0.481 e. The normalized spacial score (nSPS) is 6.42. The summed E-state index contributed by atoms with van der Waals surface area (Å²) in [5.41, 5.74) is 9.49. The number of aliphatic carboxylic acids is 1. The Morgan fingerprint density at radius 2 is 1.50 bits per heavy atom. The van der Waals surface area contributed by atoms with Gasteiger partial charge in [0, 0.05) is 26.4 Å². The monoisotopic (exact) mass is 225 g/mol. The largest absolute Gasteiger partial charge is 0.481 e.